The van der Waals surface area contributed by atoms with E-state index in [0.29, 0.717) is 5.69 Å². The lowest BCUT2D eigenvalue weighted by Gasteiger charge is -2.02. The van der Waals surface area contributed by atoms with E-state index >= 15 is 0 Å². The van der Waals surface area contributed by atoms with Crippen LogP contribution in [-0.4, -0.2) is 23.5 Å². The van der Waals surface area contributed by atoms with E-state index < -0.39 is 5.97 Å². The topological polar surface area (TPSA) is 56.3 Å². The summed E-state index contributed by atoms with van der Waals surface area (Å²) < 4.78 is 4.70. The summed E-state index contributed by atoms with van der Waals surface area (Å²) in [7, 11) is 0. The molecule has 0 bridgehead atoms. The number of esters is 1. The van der Waals surface area contributed by atoms with Gasteiger partial charge in [-0.25, -0.2) is 9.59 Å². The minimum atomic E-state index is -0.627. The molecule has 0 amide bonds. The van der Waals surface area contributed by atoms with Crippen LogP contribution in [0.1, 0.15) is 12.6 Å². The van der Waals surface area contributed by atoms with Gasteiger partial charge in [-0.3, -0.25) is 4.98 Å². The van der Waals surface area contributed by atoms with Crippen molar-refractivity contribution < 1.29 is 14.3 Å². The summed E-state index contributed by atoms with van der Waals surface area (Å²) in [4.78, 5) is 25.8. The van der Waals surface area contributed by atoms with Crippen LogP contribution in [0.5, 0.6) is 0 Å². The van der Waals surface area contributed by atoms with Gasteiger partial charge in [-0.05, 0) is 19.1 Å². The molecule has 0 aliphatic heterocycles. The van der Waals surface area contributed by atoms with Crippen LogP contribution in [-0.2, 0) is 20.7 Å². The summed E-state index contributed by atoms with van der Waals surface area (Å²) >= 11 is 0. The smallest absolute Gasteiger partial charge is 0.345 e. The Morgan fingerprint density at radius 3 is 2.87 bits per heavy atom. The maximum absolute atomic E-state index is 11.2. The standard InChI is InChI=1S/C11H11NO3/c1-2-15-11(14)9(8-13)7-10-5-3-4-6-12-10/h3-6H,2,7H2,1H3. The normalized spacial score (nSPS) is 9.13. The SMILES string of the molecule is CCOC(=O)C(=C=O)Cc1ccccn1. The number of hydrogen-bond donors (Lipinski definition) is 0. The lowest BCUT2D eigenvalue weighted by atomic mass is 10.1. The van der Waals surface area contributed by atoms with Gasteiger partial charge in [0.2, 0.25) is 0 Å². The van der Waals surface area contributed by atoms with Gasteiger partial charge in [-0.2, -0.15) is 0 Å². The fourth-order valence-corrected chi connectivity index (χ4v) is 1.05. The Kier molecular flexibility index (Phi) is 4.26. The van der Waals surface area contributed by atoms with Crippen molar-refractivity contribution in [2.45, 2.75) is 13.3 Å². The Balaban J connectivity index is 2.72. The van der Waals surface area contributed by atoms with E-state index in [1.165, 1.54) is 0 Å². The molecule has 4 heteroatoms. The molecule has 0 saturated carbocycles. The highest BCUT2D eigenvalue weighted by atomic mass is 16.5. The molecule has 0 aromatic carbocycles. The van der Waals surface area contributed by atoms with E-state index in [1.807, 2.05) is 0 Å². The number of nitrogens with zero attached hydrogens (tertiary/aromatic N) is 1. The highest BCUT2D eigenvalue weighted by molar-refractivity contribution is 5.97. The van der Waals surface area contributed by atoms with Gasteiger partial charge in [0.15, 0.2) is 0 Å². The minimum absolute atomic E-state index is 0.0319. The monoisotopic (exact) mass is 205 g/mol. The zero-order chi connectivity index (χ0) is 11.1. The molecular weight excluding hydrogens is 194 g/mol. The number of aromatic nitrogens is 1. The molecule has 0 aliphatic rings. The van der Waals surface area contributed by atoms with Crippen LogP contribution in [0.15, 0.2) is 30.0 Å². The summed E-state index contributed by atoms with van der Waals surface area (Å²) in [6, 6.07) is 5.28. The van der Waals surface area contributed by atoms with Crippen LogP contribution in [0, 0.1) is 0 Å². The summed E-state index contributed by atoms with van der Waals surface area (Å²) in [6.45, 7) is 1.92. The maximum atomic E-state index is 11.2. The molecule has 0 unspecified atom stereocenters. The third kappa shape index (κ3) is 3.37. The van der Waals surface area contributed by atoms with Crippen LogP contribution in [0.2, 0.25) is 0 Å². The summed E-state index contributed by atoms with van der Waals surface area (Å²) in [6.07, 6.45) is 1.76. The first kappa shape index (κ1) is 11.1. The zero-order valence-corrected chi connectivity index (χ0v) is 8.40. The minimum Gasteiger partial charge on any atom is -0.462 e. The first-order valence-electron chi connectivity index (χ1n) is 4.59. The van der Waals surface area contributed by atoms with Crippen molar-refractivity contribution in [1.82, 2.24) is 4.98 Å². The van der Waals surface area contributed by atoms with Crippen molar-refractivity contribution >= 4 is 11.9 Å². The molecular formula is C11H11NO3. The van der Waals surface area contributed by atoms with Crippen molar-refractivity contribution in [3.05, 3.63) is 35.7 Å². The largest absolute Gasteiger partial charge is 0.462 e. The summed E-state index contributed by atoms with van der Waals surface area (Å²) in [5.74, 6) is 0.961. The predicted molar refractivity (Wildman–Crippen MR) is 53.8 cm³/mol. The molecule has 0 atom stereocenters. The lowest BCUT2D eigenvalue weighted by molar-refractivity contribution is -0.138. The van der Waals surface area contributed by atoms with Gasteiger partial charge < -0.3 is 4.74 Å². The molecule has 0 N–H and O–H groups in total. The van der Waals surface area contributed by atoms with E-state index in [9.17, 15) is 9.59 Å². The van der Waals surface area contributed by atoms with Crippen LogP contribution >= 0.6 is 0 Å². The van der Waals surface area contributed by atoms with Crippen LogP contribution in [0.4, 0.5) is 0 Å². The molecule has 0 radical (unpaired) electrons. The Labute approximate surface area is 87.6 Å². The highest BCUT2D eigenvalue weighted by Crippen LogP contribution is 2.04. The zero-order valence-electron chi connectivity index (χ0n) is 8.40. The molecule has 1 rings (SSSR count). The van der Waals surface area contributed by atoms with Crippen molar-refractivity contribution in [1.29, 1.82) is 0 Å². The molecule has 1 aromatic heterocycles. The fraction of sp³-hybridized carbons (Fsp3) is 0.273. The summed E-state index contributed by atoms with van der Waals surface area (Å²) in [5, 5.41) is 0. The van der Waals surface area contributed by atoms with E-state index in [2.05, 4.69) is 4.98 Å². The van der Waals surface area contributed by atoms with Crippen molar-refractivity contribution in [3.8, 4) is 0 Å². The van der Waals surface area contributed by atoms with Crippen LogP contribution in [0.3, 0.4) is 0 Å². The van der Waals surface area contributed by atoms with E-state index in [0.717, 1.165) is 0 Å². The molecule has 1 aromatic rings. The average Bonchev–Trinajstić information content (AvgIpc) is 2.27. The van der Waals surface area contributed by atoms with Gasteiger partial charge >= 0.3 is 5.97 Å². The van der Waals surface area contributed by atoms with Crippen LogP contribution in [0.25, 0.3) is 0 Å². The Hall–Kier alpha value is -1.93. The van der Waals surface area contributed by atoms with Gasteiger partial charge in [0, 0.05) is 18.3 Å². The number of carbonyl (C=O) groups excluding carboxylic acids is 2. The van der Waals surface area contributed by atoms with Gasteiger partial charge in [-0.15, -0.1) is 0 Å². The number of hydrogen-bond acceptors (Lipinski definition) is 4. The van der Waals surface area contributed by atoms with Crippen molar-refractivity contribution in [3.63, 3.8) is 0 Å². The second-order valence-electron chi connectivity index (χ2n) is 2.80. The third-order valence-electron chi connectivity index (χ3n) is 1.73. The maximum Gasteiger partial charge on any atom is 0.345 e. The van der Waals surface area contributed by atoms with Crippen molar-refractivity contribution in [2.24, 2.45) is 0 Å². The lowest BCUT2D eigenvalue weighted by Crippen LogP contribution is -2.11. The predicted octanol–water partition coefficient (Wildman–Crippen LogP) is 0.945. The molecule has 0 spiro atoms. The van der Waals surface area contributed by atoms with Crippen LogP contribution < -0.4 is 0 Å². The van der Waals surface area contributed by atoms with E-state index in [4.69, 9.17) is 4.74 Å². The third-order valence-corrected chi connectivity index (χ3v) is 1.73. The van der Waals surface area contributed by atoms with E-state index in [-0.39, 0.29) is 18.6 Å². The quantitative estimate of drug-likeness (QED) is 0.417. The molecule has 78 valence electrons. The van der Waals surface area contributed by atoms with Gasteiger partial charge in [0.25, 0.3) is 0 Å². The second-order valence-corrected chi connectivity index (χ2v) is 2.80. The van der Waals surface area contributed by atoms with Gasteiger partial charge in [-0.1, -0.05) is 6.07 Å². The molecule has 15 heavy (non-hydrogen) atoms. The molecule has 1 heterocycles. The highest BCUT2D eigenvalue weighted by Gasteiger charge is 2.12. The molecule has 0 saturated heterocycles. The Morgan fingerprint density at radius 2 is 2.33 bits per heavy atom. The fourth-order valence-electron chi connectivity index (χ4n) is 1.05. The molecule has 0 aliphatic carbocycles. The molecule has 4 nitrogen and oxygen atoms in total. The number of rotatable bonds is 4. The Morgan fingerprint density at radius 1 is 1.53 bits per heavy atom. The van der Waals surface area contributed by atoms with Gasteiger partial charge in [0.1, 0.15) is 11.5 Å². The molecule has 0 fully saturated rings. The number of ether oxygens (including phenoxy) is 1. The number of pyridine rings is 1. The first-order chi connectivity index (χ1) is 7.27. The van der Waals surface area contributed by atoms with E-state index in [1.54, 1.807) is 37.3 Å². The summed E-state index contributed by atoms with van der Waals surface area (Å²) in [5.41, 5.74) is 0.611. The Bertz CT molecular complexity index is 380. The van der Waals surface area contributed by atoms with Crippen molar-refractivity contribution in [2.75, 3.05) is 6.61 Å². The number of carbonyl (C=O) groups is 1. The second kappa shape index (κ2) is 5.73. The average molecular weight is 205 g/mol. The first-order valence-corrected chi connectivity index (χ1v) is 4.59. The van der Waals surface area contributed by atoms with Gasteiger partial charge in [0.05, 0.1) is 6.61 Å².